The summed E-state index contributed by atoms with van der Waals surface area (Å²) < 4.78 is 0. The maximum atomic E-state index is 11.0. The van der Waals surface area contributed by atoms with Gasteiger partial charge in [-0.1, -0.05) is 24.3 Å². The van der Waals surface area contributed by atoms with Crippen LogP contribution in [0.15, 0.2) is 53.5 Å². The van der Waals surface area contributed by atoms with Gasteiger partial charge >= 0.3 is 5.97 Å². The van der Waals surface area contributed by atoms with Gasteiger partial charge in [0.2, 0.25) is 0 Å². The molecule has 0 aliphatic carbocycles. The van der Waals surface area contributed by atoms with E-state index in [9.17, 15) is 14.9 Å². The first-order valence-corrected chi connectivity index (χ1v) is 5.69. The number of nitro groups is 1. The molecule has 0 saturated heterocycles. The Hall–Kier alpha value is -3.02. The van der Waals surface area contributed by atoms with Crippen molar-refractivity contribution < 1.29 is 14.8 Å². The summed E-state index contributed by atoms with van der Waals surface area (Å²) in [5.41, 5.74) is 0.530. The molecule has 2 aromatic carbocycles. The SMILES string of the molecule is O=C(O)c1ccccc1N=Cc1ccccc1[N+](=O)[O-]. The molecule has 6 heteroatoms. The third-order valence-electron chi connectivity index (χ3n) is 2.61. The number of aromatic carboxylic acids is 1. The molecule has 6 nitrogen and oxygen atoms in total. The van der Waals surface area contributed by atoms with Crippen LogP contribution in [0.25, 0.3) is 0 Å². The van der Waals surface area contributed by atoms with Crippen molar-refractivity contribution in [3.8, 4) is 0 Å². The number of hydrogen-bond acceptors (Lipinski definition) is 4. The van der Waals surface area contributed by atoms with Crippen molar-refractivity contribution in [3.63, 3.8) is 0 Å². The molecule has 0 amide bonds. The number of rotatable bonds is 4. The Morgan fingerprint density at radius 2 is 1.80 bits per heavy atom. The number of para-hydroxylation sites is 2. The van der Waals surface area contributed by atoms with Crippen LogP contribution < -0.4 is 0 Å². The van der Waals surface area contributed by atoms with E-state index in [1.807, 2.05) is 0 Å². The second-order valence-corrected chi connectivity index (χ2v) is 3.90. The van der Waals surface area contributed by atoms with Gasteiger partial charge in [-0.2, -0.15) is 0 Å². The Bertz CT molecular complexity index is 636. The van der Waals surface area contributed by atoms with Crippen molar-refractivity contribution in [1.82, 2.24) is 0 Å². The Kier molecular flexibility index (Phi) is 3.85. The lowest BCUT2D eigenvalue weighted by molar-refractivity contribution is -0.385. The van der Waals surface area contributed by atoms with Crippen molar-refractivity contribution in [2.75, 3.05) is 0 Å². The highest BCUT2D eigenvalue weighted by Gasteiger charge is 2.11. The second kappa shape index (κ2) is 5.75. The molecule has 0 aliphatic rings. The van der Waals surface area contributed by atoms with Crippen molar-refractivity contribution in [1.29, 1.82) is 0 Å². The minimum Gasteiger partial charge on any atom is -0.478 e. The molecule has 0 unspecified atom stereocenters. The predicted molar refractivity (Wildman–Crippen MR) is 73.8 cm³/mol. The number of benzene rings is 2. The van der Waals surface area contributed by atoms with Crippen LogP contribution in [-0.4, -0.2) is 22.2 Å². The summed E-state index contributed by atoms with van der Waals surface area (Å²) in [6.07, 6.45) is 1.29. The summed E-state index contributed by atoms with van der Waals surface area (Å²) in [6, 6.07) is 12.3. The summed E-state index contributed by atoms with van der Waals surface area (Å²) >= 11 is 0. The van der Waals surface area contributed by atoms with E-state index in [0.717, 1.165) is 0 Å². The molecule has 0 spiro atoms. The average molecular weight is 270 g/mol. The number of hydrogen-bond donors (Lipinski definition) is 1. The fourth-order valence-corrected chi connectivity index (χ4v) is 1.67. The molecule has 0 aromatic heterocycles. The second-order valence-electron chi connectivity index (χ2n) is 3.90. The van der Waals surface area contributed by atoms with E-state index in [-0.39, 0.29) is 16.9 Å². The Labute approximate surface area is 114 Å². The third-order valence-corrected chi connectivity index (χ3v) is 2.61. The number of aliphatic imine (C=N–C) groups is 1. The molecular formula is C14H10N2O4. The molecule has 100 valence electrons. The first-order valence-electron chi connectivity index (χ1n) is 5.69. The molecule has 2 rings (SSSR count). The maximum Gasteiger partial charge on any atom is 0.337 e. The zero-order valence-corrected chi connectivity index (χ0v) is 10.3. The van der Waals surface area contributed by atoms with Crippen molar-refractivity contribution >= 4 is 23.6 Å². The van der Waals surface area contributed by atoms with E-state index in [1.165, 1.54) is 24.4 Å². The Balaban J connectivity index is 2.40. The van der Waals surface area contributed by atoms with Crippen LogP contribution in [-0.2, 0) is 0 Å². The highest BCUT2D eigenvalue weighted by atomic mass is 16.6. The molecule has 20 heavy (non-hydrogen) atoms. The smallest absolute Gasteiger partial charge is 0.337 e. The van der Waals surface area contributed by atoms with Gasteiger partial charge in [-0.05, 0) is 18.2 Å². The molecular weight excluding hydrogens is 260 g/mol. The first-order chi connectivity index (χ1) is 9.59. The van der Waals surface area contributed by atoms with Gasteiger partial charge in [0.15, 0.2) is 0 Å². The minimum atomic E-state index is -1.10. The monoisotopic (exact) mass is 270 g/mol. The van der Waals surface area contributed by atoms with Crippen molar-refractivity contribution in [3.05, 3.63) is 69.8 Å². The third kappa shape index (κ3) is 2.86. The van der Waals surface area contributed by atoms with Crippen LogP contribution in [0.4, 0.5) is 11.4 Å². The molecule has 1 N–H and O–H groups in total. The van der Waals surface area contributed by atoms with Crippen LogP contribution in [0.2, 0.25) is 0 Å². The Morgan fingerprint density at radius 3 is 2.50 bits per heavy atom. The van der Waals surface area contributed by atoms with Gasteiger partial charge in [-0.3, -0.25) is 15.1 Å². The molecule has 0 saturated carbocycles. The van der Waals surface area contributed by atoms with Gasteiger partial charge in [0.1, 0.15) is 0 Å². The number of carboxylic acids is 1. The van der Waals surface area contributed by atoms with E-state index >= 15 is 0 Å². The molecule has 0 bridgehead atoms. The first kappa shape index (κ1) is 13.4. The normalized spacial score (nSPS) is 10.6. The number of nitrogens with zero attached hydrogens (tertiary/aromatic N) is 2. The molecule has 0 radical (unpaired) electrons. The van der Waals surface area contributed by atoms with Crippen LogP contribution in [0, 0.1) is 10.1 Å². The number of carboxylic acid groups (broad SMARTS) is 1. The fourth-order valence-electron chi connectivity index (χ4n) is 1.67. The molecule has 2 aromatic rings. The fraction of sp³-hybridized carbons (Fsp3) is 0. The minimum absolute atomic E-state index is 0.0438. The van der Waals surface area contributed by atoms with Gasteiger partial charge in [0, 0.05) is 12.3 Å². The lowest BCUT2D eigenvalue weighted by Crippen LogP contribution is -1.97. The summed E-state index contributed by atoms with van der Waals surface area (Å²) in [5, 5.41) is 19.9. The summed E-state index contributed by atoms with van der Waals surface area (Å²) in [7, 11) is 0. The lowest BCUT2D eigenvalue weighted by Gasteiger charge is -2.00. The van der Waals surface area contributed by atoms with E-state index in [0.29, 0.717) is 5.56 Å². The lowest BCUT2D eigenvalue weighted by atomic mass is 10.1. The van der Waals surface area contributed by atoms with Crippen molar-refractivity contribution in [2.24, 2.45) is 4.99 Å². The quantitative estimate of drug-likeness (QED) is 0.525. The molecule has 0 atom stereocenters. The zero-order chi connectivity index (χ0) is 14.5. The van der Waals surface area contributed by atoms with Gasteiger partial charge in [0.05, 0.1) is 21.7 Å². The van der Waals surface area contributed by atoms with E-state index in [1.54, 1.807) is 30.3 Å². The maximum absolute atomic E-state index is 11.0. The summed E-state index contributed by atoms with van der Waals surface area (Å²) in [4.78, 5) is 25.4. The van der Waals surface area contributed by atoms with Crippen LogP contribution in [0.5, 0.6) is 0 Å². The molecule has 0 fully saturated rings. The van der Waals surface area contributed by atoms with Crippen LogP contribution in [0.3, 0.4) is 0 Å². The topological polar surface area (TPSA) is 92.8 Å². The van der Waals surface area contributed by atoms with Gasteiger partial charge in [-0.15, -0.1) is 0 Å². The highest BCUT2D eigenvalue weighted by molar-refractivity contribution is 5.95. The molecule has 0 heterocycles. The number of nitro benzene ring substituents is 1. The Morgan fingerprint density at radius 1 is 1.15 bits per heavy atom. The standard InChI is InChI=1S/C14H10N2O4/c17-14(18)11-6-2-3-7-12(11)15-9-10-5-1-4-8-13(10)16(19)20/h1-9H,(H,17,18). The zero-order valence-electron chi connectivity index (χ0n) is 10.3. The highest BCUT2D eigenvalue weighted by Crippen LogP contribution is 2.20. The average Bonchev–Trinajstić information content (AvgIpc) is 2.45. The van der Waals surface area contributed by atoms with E-state index < -0.39 is 10.9 Å². The largest absolute Gasteiger partial charge is 0.478 e. The van der Waals surface area contributed by atoms with Crippen LogP contribution >= 0.6 is 0 Å². The van der Waals surface area contributed by atoms with Crippen LogP contribution in [0.1, 0.15) is 15.9 Å². The predicted octanol–water partition coefficient (Wildman–Crippen LogP) is 3.04. The summed E-state index contributed by atoms with van der Waals surface area (Å²) in [5.74, 6) is -1.10. The molecule has 0 aliphatic heterocycles. The summed E-state index contributed by atoms with van der Waals surface area (Å²) in [6.45, 7) is 0. The van der Waals surface area contributed by atoms with Gasteiger partial charge < -0.3 is 5.11 Å². The number of carbonyl (C=O) groups is 1. The van der Waals surface area contributed by atoms with E-state index in [2.05, 4.69) is 4.99 Å². The van der Waals surface area contributed by atoms with Gasteiger partial charge in [-0.25, -0.2) is 4.79 Å². The van der Waals surface area contributed by atoms with Gasteiger partial charge in [0.25, 0.3) is 5.69 Å². The van der Waals surface area contributed by atoms with Crippen molar-refractivity contribution in [2.45, 2.75) is 0 Å². The van der Waals surface area contributed by atoms with E-state index in [4.69, 9.17) is 5.11 Å².